The first kappa shape index (κ1) is 29.6. The number of carbonyl (C=O) groups is 1. The number of carbonyl (C=O) groups excluding carboxylic acids is 1. The molecule has 0 aliphatic rings. The van der Waals surface area contributed by atoms with Gasteiger partial charge in [-0.3, -0.25) is 0 Å². The lowest BCUT2D eigenvalue weighted by Crippen LogP contribution is -2.44. The molecule has 0 aliphatic carbocycles. The molecule has 0 saturated carbocycles. The molecule has 1 atom stereocenters. The van der Waals surface area contributed by atoms with Crippen molar-refractivity contribution in [3.8, 4) is 5.75 Å². The highest BCUT2D eigenvalue weighted by molar-refractivity contribution is 7.89. The maximum absolute atomic E-state index is 13.4. The Labute approximate surface area is 216 Å². The van der Waals surface area contributed by atoms with E-state index in [-0.39, 0.29) is 24.0 Å². The number of benzene rings is 2. The normalized spacial score (nSPS) is 13.0. The maximum Gasteiger partial charge on any atom is 0.407 e. The molecule has 36 heavy (non-hydrogen) atoms. The Morgan fingerprint density at radius 3 is 2.22 bits per heavy atom. The molecule has 0 aliphatic heterocycles. The maximum atomic E-state index is 13.4. The van der Waals surface area contributed by atoms with E-state index >= 15 is 0 Å². The number of nitrogens with zero attached hydrogens (tertiary/aromatic N) is 1. The Kier molecular flexibility index (Phi) is 11.2. The first-order valence-corrected chi connectivity index (χ1v) is 13.6. The summed E-state index contributed by atoms with van der Waals surface area (Å²) in [5.74, 6) is 0.700. The smallest absolute Gasteiger partial charge is 0.407 e. The molecule has 0 unspecified atom stereocenters. The zero-order valence-corrected chi connectivity index (χ0v) is 23.0. The summed E-state index contributed by atoms with van der Waals surface area (Å²) in [5.41, 5.74) is 0.359. The largest absolute Gasteiger partial charge is 0.497 e. The van der Waals surface area contributed by atoms with E-state index in [1.165, 1.54) is 11.4 Å². The standard InChI is InChI=1S/C27H40N2O6S/c1-21(2)18-29(36(31,32)25-14-12-24(33-6)13-15-25)17-16-23(28-26(30)35-27(3,4)5)20-34-19-22-10-8-7-9-11-22/h7-15,21,23H,16-20H2,1-6H3,(H,28,30)/t23-/m1/s1. The average molecular weight is 521 g/mol. The molecule has 0 fully saturated rings. The lowest BCUT2D eigenvalue weighted by atomic mass is 10.2. The number of sulfonamides is 1. The van der Waals surface area contributed by atoms with Gasteiger partial charge in [-0.2, -0.15) is 4.31 Å². The van der Waals surface area contributed by atoms with E-state index in [4.69, 9.17) is 14.2 Å². The Hall–Kier alpha value is -2.62. The van der Waals surface area contributed by atoms with E-state index < -0.39 is 27.8 Å². The number of hydrogen-bond donors (Lipinski definition) is 1. The molecule has 0 bridgehead atoms. The summed E-state index contributed by atoms with van der Waals surface area (Å²) in [4.78, 5) is 12.7. The Morgan fingerprint density at radius 1 is 1.03 bits per heavy atom. The van der Waals surface area contributed by atoms with Gasteiger partial charge in [-0.1, -0.05) is 44.2 Å². The van der Waals surface area contributed by atoms with Crippen LogP contribution in [-0.4, -0.2) is 57.3 Å². The van der Waals surface area contributed by atoms with Crippen LogP contribution in [0, 0.1) is 5.92 Å². The molecule has 2 rings (SSSR count). The predicted octanol–water partition coefficient (Wildman–Crippen LogP) is 4.84. The van der Waals surface area contributed by atoms with E-state index in [9.17, 15) is 13.2 Å². The number of rotatable bonds is 13. The molecule has 2 aromatic rings. The average Bonchev–Trinajstić information content (AvgIpc) is 2.80. The van der Waals surface area contributed by atoms with Crippen LogP contribution in [0.15, 0.2) is 59.5 Å². The summed E-state index contributed by atoms with van der Waals surface area (Å²) in [5, 5.41) is 2.85. The first-order valence-electron chi connectivity index (χ1n) is 12.2. The fourth-order valence-corrected chi connectivity index (χ4v) is 5.10. The summed E-state index contributed by atoms with van der Waals surface area (Å²) >= 11 is 0. The summed E-state index contributed by atoms with van der Waals surface area (Å²) in [6.45, 7) is 10.5. The SMILES string of the molecule is COc1ccc(S(=O)(=O)N(CC[C@H](COCc2ccccc2)NC(=O)OC(C)(C)C)CC(C)C)cc1. The van der Waals surface area contributed by atoms with E-state index in [1.54, 1.807) is 45.0 Å². The summed E-state index contributed by atoms with van der Waals surface area (Å²) < 4.78 is 44.8. The molecule has 1 N–H and O–H groups in total. The lowest BCUT2D eigenvalue weighted by molar-refractivity contribution is 0.0418. The van der Waals surface area contributed by atoms with Crippen LogP contribution in [0.3, 0.4) is 0 Å². The number of methoxy groups -OCH3 is 1. The van der Waals surface area contributed by atoms with Crippen LogP contribution in [0.4, 0.5) is 4.79 Å². The highest BCUT2D eigenvalue weighted by atomic mass is 32.2. The van der Waals surface area contributed by atoms with Gasteiger partial charge in [-0.05, 0) is 62.9 Å². The lowest BCUT2D eigenvalue weighted by Gasteiger charge is -2.27. The third kappa shape index (κ3) is 10.2. The van der Waals surface area contributed by atoms with Crippen LogP contribution in [0.5, 0.6) is 5.75 Å². The van der Waals surface area contributed by atoms with E-state index in [0.717, 1.165) is 5.56 Å². The van der Waals surface area contributed by atoms with Gasteiger partial charge in [0, 0.05) is 13.1 Å². The van der Waals surface area contributed by atoms with E-state index in [1.807, 2.05) is 44.2 Å². The van der Waals surface area contributed by atoms with Gasteiger partial charge in [0.05, 0.1) is 31.3 Å². The number of amides is 1. The fraction of sp³-hybridized carbons (Fsp3) is 0.519. The molecule has 0 spiro atoms. The highest BCUT2D eigenvalue weighted by Gasteiger charge is 2.27. The third-order valence-corrected chi connectivity index (χ3v) is 7.02. The van der Waals surface area contributed by atoms with Gasteiger partial charge in [0.1, 0.15) is 11.4 Å². The molecule has 200 valence electrons. The zero-order chi connectivity index (χ0) is 26.8. The molecule has 9 heteroatoms. The monoisotopic (exact) mass is 520 g/mol. The van der Waals surface area contributed by atoms with Crippen molar-refractivity contribution < 1.29 is 27.4 Å². The second-order valence-electron chi connectivity index (χ2n) is 10.1. The molecular formula is C27H40N2O6S. The van der Waals surface area contributed by atoms with Gasteiger partial charge in [0.15, 0.2) is 0 Å². The summed E-state index contributed by atoms with van der Waals surface area (Å²) in [7, 11) is -2.21. The quantitative estimate of drug-likeness (QED) is 0.406. The molecule has 2 aromatic carbocycles. The second-order valence-corrected chi connectivity index (χ2v) is 12.0. The molecule has 0 aromatic heterocycles. The molecule has 8 nitrogen and oxygen atoms in total. The minimum Gasteiger partial charge on any atom is -0.497 e. The minimum atomic E-state index is -3.74. The summed E-state index contributed by atoms with van der Waals surface area (Å²) in [6.07, 6.45) is -0.208. The Balaban J connectivity index is 2.14. The number of ether oxygens (including phenoxy) is 3. The molecule has 0 heterocycles. The van der Waals surface area contributed by atoms with E-state index in [0.29, 0.717) is 25.3 Å². The predicted molar refractivity (Wildman–Crippen MR) is 140 cm³/mol. The molecule has 1 amide bonds. The second kappa shape index (κ2) is 13.6. The highest BCUT2D eigenvalue weighted by Crippen LogP contribution is 2.21. The molecule has 0 radical (unpaired) electrons. The van der Waals surface area contributed by atoms with Crippen molar-refractivity contribution in [3.63, 3.8) is 0 Å². The van der Waals surface area contributed by atoms with Crippen LogP contribution >= 0.6 is 0 Å². The molecular weight excluding hydrogens is 480 g/mol. The van der Waals surface area contributed by atoms with Crippen molar-refractivity contribution >= 4 is 16.1 Å². The van der Waals surface area contributed by atoms with Crippen molar-refractivity contribution in [1.82, 2.24) is 9.62 Å². The number of alkyl carbamates (subject to hydrolysis) is 1. The number of nitrogens with one attached hydrogen (secondary N) is 1. The third-order valence-electron chi connectivity index (χ3n) is 5.14. The zero-order valence-electron chi connectivity index (χ0n) is 22.2. The van der Waals surface area contributed by atoms with Gasteiger partial charge in [0.2, 0.25) is 10.0 Å². The van der Waals surface area contributed by atoms with Crippen molar-refractivity contribution in [1.29, 1.82) is 0 Å². The van der Waals surface area contributed by atoms with Crippen LogP contribution < -0.4 is 10.1 Å². The van der Waals surface area contributed by atoms with Crippen LogP contribution in [0.2, 0.25) is 0 Å². The van der Waals surface area contributed by atoms with Crippen LogP contribution in [0.1, 0.15) is 46.6 Å². The van der Waals surface area contributed by atoms with Gasteiger partial charge in [-0.25, -0.2) is 13.2 Å². The van der Waals surface area contributed by atoms with Crippen molar-refractivity contribution in [3.05, 3.63) is 60.2 Å². The fourth-order valence-electron chi connectivity index (χ4n) is 3.48. The van der Waals surface area contributed by atoms with Gasteiger partial charge < -0.3 is 19.5 Å². The van der Waals surface area contributed by atoms with Crippen molar-refractivity contribution in [2.75, 3.05) is 26.8 Å². The van der Waals surface area contributed by atoms with Crippen molar-refractivity contribution in [2.45, 2.75) is 64.2 Å². The van der Waals surface area contributed by atoms with Crippen molar-refractivity contribution in [2.24, 2.45) is 5.92 Å². The molecule has 0 saturated heterocycles. The topological polar surface area (TPSA) is 94.2 Å². The Bertz CT molecular complexity index is 1030. The minimum absolute atomic E-state index is 0.115. The van der Waals surface area contributed by atoms with Crippen LogP contribution in [0.25, 0.3) is 0 Å². The van der Waals surface area contributed by atoms with Gasteiger partial charge in [0.25, 0.3) is 0 Å². The van der Waals surface area contributed by atoms with Crippen LogP contribution in [-0.2, 0) is 26.1 Å². The van der Waals surface area contributed by atoms with Gasteiger partial charge in [-0.15, -0.1) is 0 Å². The Morgan fingerprint density at radius 2 is 1.67 bits per heavy atom. The first-order chi connectivity index (χ1) is 16.9. The van der Waals surface area contributed by atoms with E-state index in [2.05, 4.69) is 5.32 Å². The summed E-state index contributed by atoms with van der Waals surface area (Å²) in [6, 6.07) is 15.6. The van der Waals surface area contributed by atoms with Gasteiger partial charge >= 0.3 is 6.09 Å². The number of hydrogen-bond acceptors (Lipinski definition) is 6.